The van der Waals surface area contributed by atoms with E-state index in [9.17, 15) is 4.79 Å². The molecule has 0 saturated heterocycles. The highest BCUT2D eigenvalue weighted by atomic mass is 32.2. The molecule has 0 spiro atoms. The largest absolute Gasteiger partial charge is 0.495 e. The predicted octanol–water partition coefficient (Wildman–Crippen LogP) is 2.04. The van der Waals surface area contributed by atoms with Crippen molar-refractivity contribution in [2.75, 3.05) is 18.2 Å². The molecule has 1 aromatic carbocycles. The maximum atomic E-state index is 11.9. The fourth-order valence-electron chi connectivity index (χ4n) is 1.64. The summed E-state index contributed by atoms with van der Waals surface area (Å²) in [4.78, 5) is 11.9. The molecule has 1 amide bonds. The van der Waals surface area contributed by atoms with Gasteiger partial charge in [-0.1, -0.05) is 23.9 Å². The number of anilines is 1. The number of carbonyl (C=O) groups excluding carboxylic acids is 1. The highest BCUT2D eigenvalue weighted by Crippen LogP contribution is 2.23. The van der Waals surface area contributed by atoms with Gasteiger partial charge in [-0.05, 0) is 19.1 Å². The monoisotopic (exact) mass is 292 g/mol. The minimum Gasteiger partial charge on any atom is -0.495 e. The first-order chi connectivity index (χ1) is 9.74. The predicted molar refractivity (Wildman–Crippen MR) is 78.0 cm³/mol. The molecular weight excluding hydrogens is 276 g/mol. The number of carbonyl (C=O) groups is 1. The Labute approximate surface area is 121 Å². The number of aromatic nitrogens is 3. The molecule has 1 N–H and O–H groups in total. The van der Waals surface area contributed by atoms with Crippen LogP contribution in [0, 0.1) is 0 Å². The second kappa shape index (κ2) is 6.95. The van der Waals surface area contributed by atoms with E-state index < -0.39 is 0 Å². The number of methoxy groups -OCH3 is 1. The van der Waals surface area contributed by atoms with E-state index in [0.717, 1.165) is 11.7 Å². The number of nitrogens with zero attached hydrogens (tertiary/aromatic N) is 3. The van der Waals surface area contributed by atoms with Gasteiger partial charge in [0.25, 0.3) is 0 Å². The van der Waals surface area contributed by atoms with Gasteiger partial charge in [-0.15, -0.1) is 10.2 Å². The average molecular weight is 292 g/mol. The summed E-state index contributed by atoms with van der Waals surface area (Å²) < 4.78 is 7.08. The lowest BCUT2D eigenvalue weighted by Gasteiger charge is -2.09. The molecule has 0 radical (unpaired) electrons. The fraction of sp³-hybridized carbons (Fsp3) is 0.308. The molecule has 1 heterocycles. The number of nitrogens with one attached hydrogen (secondary N) is 1. The van der Waals surface area contributed by atoms with Crippen molar-refractivity contribution in [3.63, 3.8) is 0 Å². The zero-order valence-corrected chi connectivity index (χ0v) is 12.2. The first-order valence-electron chi connectivity index (χ1n) is 6.18. The van der Waals surface area contributed by atoms with Crippen molar-refractivity contribution in [3.05, 3.63) is 30.6 Å². The van der Waals surface area contributed by atoms with Crippen molar-refractivity contribution in [2.24, 2.45) is 0 Å². The molecule has 1 aromatic heterocycles. The van der Waals surface area contributed by atoms with E-state index >= 15 is 0 Å². The van der Waals surface area contributed by atoms with Gasteiger partial charge in [0, 0.05) is 6.54 Å². The molecule has 0 unspecified atom stereocenters. The third-order valence-electron chi connectivity index (χ3n) is 2.63. The van der Waals surface area contributed by atoms with Crippen LogP contribution >= 0.6 is 11.8 Å². The molecule has 0 fully saturated rings. The Hall–Kier alpha value is -2.02. The Bertz CT molecular complexity index is 585. The van der Waals surface area contributed by atoms with Crippen LogP contribution in [0.3, 0.4) is 0 Å². The number of ether oxygens (including phenoxy) is 1. The molecular formula is C13H16N4O2S. The Morgan fingerprint density at radius 3 is 3.00 bits per heavy atom. The minimum atomic E-state index is -0.106. The normalized spacial score (nSPS) is 10.3. The highest BCUT2D eigenvalue weighted by Gasteiger charge is 2.10. The van der Waals surface area contributed by atoms with Crippen LogP contribution in [0.15, 0.2) is 35.7 Å². The number of hydrogen-bond donors (Lipinski definition) is 1. The quantitative estimate of drug-likeness (QED) is 0.825. The standard InChI is InChI=1S/C13H16N4O2S/c1-3-17-9-14-16-13(17)20-8-12(18)15-10-6-4-5-7-11(10)19-2/h4-7,9H,3,8H2,1-2H3,(H,15,18). The molecule has 7 heteroatoms. The molecule has 6 nitrogen and oxygen atoms in total. The molecule has 0 saturated carbocycles. The SMILES string of the molecule is CCn1cnnc1SCC(=O)Nc1ccccc1OC. The summed E-state index contributed by atoms with van der Waals surface area (Å²) in [5.74, 6) is 0.809. The van der Waals surface area contributed by atoms with Crippen LogP contribution in [0.1, 0.15) is 6.92 Å². The number of aryl methyl sites for hydroxylation is 1. The fourth-order valence-corrected chi connectivity index (χ4v) is 2.42. The van der Waals surface area contributed by atoms with Crippen LogP contribution in [0.25, 0.3) is 0 Å². The molecule has 0 bridgehead atoms. The number of amides is 1. The van der Waals surface area contributed by atoms with Crippen molar-refractivity contribution in [1.82, 2.24) is 14.8 Å². The summed E-state index contributed by atoms with van der Waals surface area (Å²) in [6.45, 7) is 2.78. The summed E-state index contributed by atoms with van der Waals surface area (Å²) in [6.07, 6.45) is 1.65. The molecule has 0 atom stereocenters. The number of benzene rings is 1. The van der Waals surface area contributed by atoms with Gasteiger partial charge >= 0.3 is 0 Å². The third kappa shape index (κ3) is 3.51. The van der Waals surface area contributed by atoms with E-state index in [1.807, 2.05) is 23.6 Å². The Kier molecular flexibility index (Phi) is 5.00. The molecule has 20 heavy (non-hydrogen) atoms. The van der Waals surface area contributed by atoms with Gasteiger partial charge in [-0.2, -0.15) is 0 Å². The third-order valence-corrected chi connectivity index (χ3v) is 3.62. The minimum absolute atomic E-state index is 0.106. The van der Waals surface area contributed by atoms with Gasteiger partial charge in [0.2, 0.25) is 5.91 Å². The van der Waals surface area contributed by atoms with Crippen LogP contribution in [-0.4, -0.2) is 33.5 Å². The van der Waals surface area contributed by atoms with Crippen molar-refractivity contribution in [2.45, 2.75) is 18.6 Å². The van der Waals surface area contributed by atoms with Gasteiger partial charge in [0.05, 0.1) is 18.6 Å². The van der Waals surface area contributed by atoms with Gasteiger partial charge < -0.3 is 14.6 Å². The summed E-state index contributed by atoms with van der Waals surface area (Å²) in [5.41, 5.74) is 0.664. The Morgan fingerprint density at radius 2 is 2.25 bits per heavy atom. The summed E-state index contributed by atoms with van der Waals surface area (Å²) in [6, 6.07) is 7.30. The van der Waals surface area contributed by atoms with E-state index in [0.29, 0.717) is 11.4 Å². The molecule has 0 aliphatic heterocycles. The van der Waals surface area contributed by atoms with E-state index in [-0.39, 0.29) is 11.7 Å². The van der Waals surface area contributed by atoms with Crippen molar-refractivity contribution < 1.29 is 9.53 Å². The van der Waals surface area contributed by atoms with Crippen LogP contribution in [0.5, 0.6) is 5.75 Å². The Balaban J connectivity index is 1.93. The Morgan fingerprint density at radius 1 is 1.45 bits per heavy atom. The lowest BCUT2D eigenvalue weighted by Crippen LogP contribution is -2.15. The number of thioether (sulfide) groups is 1. The highest BCUT2D eigenvalue weighted by molar-refractivity contribution is 7.99. The summed E-state index contributed by atoms with van der Waals surface area (Å²) in [7, 11) is 1.57. The molecule has 0 aliphatic rings. The van der Waals surface area contributed by atoms with Crippen LogP contribution in [0.4, 0.5) is 5.69 Å². The van der Waals surface area contributed by atoms with Gasteiger partial charge in [0.15, 0.2) is 5.16 Å². The van der Waals surface area contributed by atoms with Crippen LogP contribution in [0.2, 0.25) is 0 Å². The first kappa shape index (κ1) is 14.4. The van der Waals surface area contributed by atoms with E-state index in [4.69, 9.17) is 4.74 Å². The topological polar surface area (TPSA) is 69.0 Å². The lowest BCUT2D eigenvalue weighted by molar-refractivity contribution is -0.113. The number of para-hydroxylation sites is 2. The van der Waals surface area contributed by atoms with Crippen LogP contribution in [-0.2, 0) is 11.3 Å². The summed E-state index contributed by atoms with van der Waals surface area (Å²) >= 11 is 1.36. The van der Waals surface area contributed by atoms with E-state index in [1.54, 1.807) is 25.6 Å². The lowest BCUT2D eigenvalue weighted by atomic mass is 10.3. The second-order valence-electron chi connectivity index (χ2n) is 3.94. The van der Waals surface area contributed by atoms with Crippen molar-refractivity contribution in [1.29, 1.82) is 0 Å². The van der Waals surface area contributed by atoms with Crippen LogP contribution < -0.4 is 10.1 Å². The zero-order valence-electron chi connectivity index (χ0n) is 11.4. The molecule has 2 aromatic rings. The maximum Gasteiger partial charge on any atom is 0.234 e. The smallest absolute Gasteiger partial charge is 0.234 e. The van der Waals surface area contributed by atoms with Gasteiger partial charge in [-0.3, -0.25) is 4.79 Å². The van der Waals surface area contributed by atoms with E-state index in [1.165, 1.54) is 11.8 Å². The first-order valence-corrected chi connectivity index (χ1v) is 7.16. The summed E-state index contributed by atoms with van der Waals surface area (Å²) in [5, 5.41) is 11.4. The molecule has 0 aliphatic carbocycles. The number of hydrogen-bond acceptors (Lipinski definition) is 5. The van der Waals surface area contributed by atoms with Crippen molar-refractivity contribution >= 4 is 23.4 Å². The number of rotatable bonds is 6. The second-order valence-corrected chi connectivity index (χ2v) is 4.88. The van der Waals surface area contributed by atoms with Gasteiger partial charge in [-0.25, -0.2) is 0 Å². The van der Waals surface area contributed by atoms with E-state index in [2.05, 4.69) is 15.5 Å². The van der Waals surface area contributed by atoms with Gasteiger partial charge in [0.1, 0.15) is 12.1 Å². The molecule has 2 rings (SSSR count). The zero-order chi connectivity index (χ0) is 14.4. The van der Waals surface area contributed by atoms with Crippen molar-refractivity contribution in [3.8, 4) is 5.75 Å². The maximum absolute atomic E-state index is 11.9. The molecule has 106 valence electrons. The average Bonchev–Trinajstić information content (AvgIpc) is 2.93.